The van der Waals surface area contributed by atoms with E-state index in [2.05, 4.69) is 26.8 Å². The number of nitrogens with two attached hydrogens (primary N) is 1. The number of rotatable bonds is 2. The van der Waals surface area contributed by atoms with Crippen molar-refractivity contribution < 1.29 is 25.2 Å². The van der Waals surface area contributed by atoms with Crippen molar-refractivity contribution in [3.05, 3.63) is 12.2 Å². The van der Waals surface area contributed by atoms with Gasteiger partial charge in [-0.1, -0.05) is 25.2 Å². The predicted octanol–water partition coefficient (Wildman–Crippen LogP) is -0.153. The highest BCUT2D eigenvalue weighted by Gasteiger charge is 2.44. The molecule has 1 saturated carbocycles. The third-order valence-electron chi connectivity index (χ3n) is 5.83. The van der Waals surface area contributed by atoms with Crippen LogP contribution in [-0.2, 0) is 4.74 Å². The molecule has 2 aliphatic rings. The van der Waals surface area contributed by atoms with Crippen molar-refractivity contribution >= 4 is 17.0 Å². The molecule has 3 heterocycles. The van der Waals surface area contributed by atoms with Crippen molar-refractivity contribution in [2.75, 3.05) is 12.3 Å². The summed E-state index contributed by atoms with van der Waals surface area (Å²) in [6.45, 7) is -0.437. The van der Waals surface area contributed by atoms with Gasteiger partial charge in [-0.3, -0.25) is 4.57 Å². The third kappa shape index (κ3) is 3.99. The first kappa shape index (κ1) is 21.0. The topological polar surface area (TPSA) is 160 Å². The van der Waals surface area contributed by atoms with E-state index in [9.17, 15) is 20.4 Å². The number of ether oxygens (including phenoxy) is 1. The minimum Gasteiger partial charge on any atom is -0.394 e. The van der Waals surface area contributed by atoms with Gasteiger partial charge in [-0.05, 0) is 31.6 Å². The normalized spacial score (nSPS) is 29.2. The quantitative estimate of drug-likeness (QED) is 0.419. The Morgan fingerprint density at radius 1 is 1.13 bits per heavy atom. The molecule has 0 bridgehead atoms. The molecule has 4 rings (SSSR count). The number of nitrogens with zero attached hydrogens (tertiary/aromatic N) is 4. The van der Waals surface area contributed by atoms with Gasteiger partial charge in [-0.25, -0.2) is 15.0 Å². The molecule has 6 N–H and O–H groups in total. The molecular formula is C20H27N5O5. The smallest absolute Gasteiger partial charge is 0.209 e. The second-order valence-electron chi connectivity index (χ2n) is 8.03. The Hall–Kier alpha value is -2.29. The first-order chi connectivity index (χ1) is 14.4. The highest BCUT2D eigenvalue weighted by Crippen LogP contribution is 2.32. The Labute approximate surface area is 173 Å². The molecule has 2 fully saturated rings. The number of aliphatic hydroxyl groups is 4. The van der Waals surface area contributed by atoms with Crippen LogP contribution in [-0.4, -0.2) is 70.5 Å². The van der Waals surface area contributed by atoms with Crippen LogP contribution in [0.1, 0.15) is 57.0 Å². The number of aliphatic hydroxyl groups excluding tert-OH is 3. The molecule has 2 unspecified atom stereocenters. The Morgan fingerprint density at radius 3 is 2.50 bits per heavy atom. The van der Waals surface area contributed by atoms with Crippen molar-refractivity contribution in [3.8, 4) is 11.8 Å². The van der Waals surface area contributed by atoms with Gasteiger partial charge < -0.3 is 30.9 Å². The molecule has 10 nitrogen and oxygen atoms in total. The van der Waals surface area contributed by atoms with Gasteiger partial charge in [0.25, 0.3) is 0 Å². The van der Waals surface area contributed by atoms with Gasteiger partial charge in [0, 0.05) is 0 Å². The van der Waals surface area contributed by atoms with E-state index in [0.717, 1.165) is 25.7 Å². The van der Waals surface area contributed by atoms with Gasteiger partial charge in [-0.15, -0.1) is 0 Å². The zero-order chi connectivity index (χ0) is 21.3. The maximum atomic E-state index is 10.8. The monoisotopic (exact) mass is 417 g/mol. The first-order valence-electron chi connectivity index (χ1n) is 10.3. The minimum absolute atomic E-state index is 0.111. The second-order valence-corrected chi connectivity index (χ2v) is 8.03. The van der Waals surface area contributed by atoms with Gasteiger partial charge in [-0.2, -0.15) is 0 Å². The largest absolute Gasteiger partial charge is 0.394 e. The van der Waals surface area contributed by atoms with E-state index in [1.807, 2.05) is 0 Å². The van der Waals surface area contributed by atoms with Crippen molar-refractivity contribution in [2.45, 2.75) is 75.1 Å². The summed E-state index contributed by atoms with van der Waals surface area (Å²) < 4.78 is 7.00. The maximum Gasteiger partial charge on any atom is 0.209 e. The first-order valence-corrected chi connectivity index (χ1v) is 10.3. The van der Waals surface area contributed by atoms with Crippen LogP contribution in [0.3, 0.4) is 0 Å². The van der Waals surface area contributed by atoms with Crippen LogP contribution in [0.15, 0.2) is 6.33 Å². The lowest BCUT2D eigenvalue weighted by molar-refractivity contribution is -0.0511. The van der Waals surface area contributed by atoms with Crippen molar-refractivity contribution in [1.82, 2.24) is 19.5 Å². The summed E-state index contributed by atoms with van der Waals surface area (Å²) in [6.07, 6.45) is 3.37. The number of aromatic nitrogens is 4. The summed E-state index contributed by atoms with van der Waals surface area (Å²) in [5, 5.41) is 40.5. The molecule has 0 amide bonds. The van der Waals surface area contributed by atoms with Crippen molar-refractivity contribution in [1.29, 1.82) is 0 Å². The molecule has 4 atom stereocenters. The number of imidazole rings is 1. The SMILES string of the molecule is Nc1nc(C#CC2(O)CCCCCCC2)nc2c1ncn2[C@@H]1O[C@H](CO)C(O)C1O. The van der Waals surface area contributed by atoms with Crippen molar-refractivity contribution in [2.24, 2.45) is 0 Å². The number of anilines is 1. The number of nitrogen functional groups attached to an aromatic ring is 1. The fraction of sp³-hybridized carbons (Fsp3) is 0.650. The highest BCUT2D eigenvalue weighted by molar-refractivity contribution is 5.82. The fourth-order valence-electron chi connectivity index (χ4n) is 4.08. The molecule has 30 heavy (non-hydrogen) atoms. The summed E-state index contributed by atoms with van der Waals surface area (Å²) in [7, 11) is 0. The van der Waals surface area contributed by atoms with Crippen LogP contribution in [0.5, 0.6) is 0 Å². The third-order valence-corrected chi connectivity index (χ3v) is 5.83. The van der Waals surface area contributed by atoms with Gasteiger partial charge in [0.1, 0.15) is 29.4 Å². The minimum atomic E-state index is -1.28. The Morgan fingerprint density at radius 2 is 1.83 bits per heavy atom. The average Bonchev–Trinajstić information content (AvgIpc) is 3.25. The molecule has 10 heteroatoms. The van der Waals surface area contributed by atoms with Gasteiger partial charge in [0.15, 0.2) is 17.7 Å². The van der Waals surface area contributed by atoms with Crippen molar-refractivity contribution in [3.63, 3.8) is 0 Å². The van der Waals surface area contributed by atoms with Gasteiger partial charge in [0.2, 0.25) is 5.82 Å². The van der Waals surface area contributed by atoms with E-state index >= 15 is 0 Å². The Kier molecular flexibility index (Phi) is 5.90. The van der Waals surface area contributed by atoms with E-state index in [0.29, 0.717) is 18.4 Å². The van der Waals surface area contributed by atoms with E-state index in [-0.39, 0.29) is 17.3 Å². The van der Waals surface area contributed by atoms with Crippen LogP contribution < -0.4 is 5.73 Å². The predicted molar refractivity (Wildman–Crippen MR) is 107 cm³/mol. The zero-order valence-corrected chi connectivity index (χ0v) is 16.6. The molecule has 0 spiro atoms. The number of hydrogen-bond acceptors (Lipinski definition) is 9. The van der Waals surface area contributed by atoms with E-state index in [4.69, 9.17) is 10.5 Å². The maximum absolute atomic E-state index is 10.8. The molecule has 2 aromatic heterocycles. The summed E-state index contributed by atoms with van der Waals surface area (Å²) in [4.78, 5) is 12.8. The number of hydrogen-bond donors (Lipinski definition) is 5. The molecule has 162 valence electrons. The number of fused-ring (bicyclic) bond motifs is 1. The summed E-state index contributed by atoms with van der Waals surface area (Å²) in [6, 6.07) is 0. The van der Waals surface area contributed by atoms with Gasteiger partial charge >= 0.3 is 0 Å². The van der Waals surface area contributed by atoms with Crippen LogP contribution >= 0.6 is 0 Å². The van der Waals surface area contributed by atoms with Crippen LogP contribution in [0, 0.1) is 11.8 Å². The van der Waals surface area contributed by atoms with E-state index < -0.39 is 36.7 Å². The molecular weight excluding hydrogens is 390 g/mol. The zero-order valence-electron chi connectivity index (χ0n) is 16.6. The Balaban J connectivity index is 1.66. The molecule has 0 aromatic carbocycles. The molecule has 1 saturated heterocycles. The van der Waals surface area contributed by atoms with Gasteiger partial charge in [0.05, 0.1) is 12.9 Å². The van der Waals surface area contributed by atoms with Crippen LogP contribution in [0.25, 0.3) is 11.2 Å². The standard InChI is InChI=1S/C20H27N5O5/c21-17-14-18(25(11-22-14)19-16(28)15(27)12(10-26)30-19)24-13(23-17)6-9-20(29)7-4-2-1-3-5-8-20/h11-12,15-16,19,26-29H,1-5,7-8,10H2,(H2,21,23,24)/t12-,15?,16?,19-/m1/s1. The van der Waals surface area contributed by atoms with E-state index in [1.165, 1.54) is 17.3 Å². The summed E-state index contributed by atoms with van der Waals surface area (Å²) >= 11 is 0. The average molecular weight is 417 g/mol. The molecule has 1 aliphatic heterocycles. The lowest BCUT2D eigenvalue weighted by Gasteiger charge is -2.24. The summed E-state index contributed by atoms with van der Waals surface area (Å²) in [5.74, 6) is 6.02. The second kappa shape index (κ2) is 8.45. The van der Waals surface area contributed by atoms with E-state index in [1.54, 1.807) is 0 Å². The summed E-state index contributed by atoms with van der Waals surface area (Å²) in [5.41, 5.74) is 5.54. The highest BCUT2D eigenvalue weighted by atomic mass is 16.6. The lowest BCUT2D eigenvalue weighted by atomic mass is 9.87. The molecule has 0 radical (unpaired) electrons. The van der Waals surface area contributed by atoms with Crippen LogP contribution in [0.2, 0.25) is 0 Å². The molecule has 1 aliphatic carbocycles. The Bertz CT molecular complexity index is 960. The van der Waals surface area contributed by atoms with Crippen LogP contribution in [0.4, 0.5) is 5.82 Å². The lowest BCUT2D eigenvalue weighted by Crippen LogP contribution is -2.33. The fourth-order valence-corrected chi connectivity index (χ4v) is 4.08. The molecule has 2 aromatic rings.